The number of hydrogen-bond donors (Lipinski definition) is 2. The zero-order valence-electron chi connectivity index (χ0n) is 10.4. The van der Waals surface area contributed by atoms with Crippen molar-refractivity contribution in [1.29, 1.82) is 0 Å². The lowest BCUT2D eigenvalue weighted by Crippen LogP contribution is -2.52. The van der Waals surface area contributed by atoms with E-state index in [1.165, 1.54) is 11.4 Å². The van der Waals surface area contributed by atoms with Crippen molar-refractivity contribution >= 4 is 22.2 Å². The first-order chi connectivity index (χ1) is 8.48. The number of nitro groups is 1. The Morgan fingerprint density at radius 3 is 2.56 bits per heavy atom. The average Bonchev–Trinajstić information content (AvgIpc) is 2.86. The summed E-state index contributed by atoms with van der Waals surface area (Å²) >= 11 is 0.944. The monoisotopic (exact) mass is 271 g/mol. The Hall–Kier alpha value is -1.47. The molecule has 1 aromatic heterocycles. The van der Waals surface area contributed by atoms with Gasteiger partial charge in [0, 0.05) is 18.0 Å². The standard InChI is InChI=1S/C11H17N3O3S/c1-3-11(4-2,7-12)13-10(15)8-5-9(14(16)17)18-6-8/h5-6H,3-4,7,12H2,1-2H3,(H,13,15). The van der Waals surface area contributed by atoms with E-state index >= 15 is 0 Å². The Morgan fingerprint density at radius 2 is 2.17 bits per heavy atom. The Labute approximate surface area is 109 Å². The first kappa shape index (κ1) is 14.6. The van der Waals surface area contributed by atoms with Gasteiger partial charge in [-0.1, -0.05) is 25.2 Å². The van der Waals surface area contributed by atoms with Crippen LogP contribution in [-0.4, -0.2) is 22.9 Å². The molecule has 1 heterocycles. The number of carbonyl (C=O) groups excluding carboxylic acids is 1. The van der Waals surface area contributed by atoms with Gasteiger partial charge in [-0.15, -0.1) is 0 Å². The van der Waals surface area contributed by atoms with E-state index in [9.17, 15) is 14.9 Å². The minimum atomic E-state index is -0.503. The molecule has 0 spiro atoms. The van der Waals surface area contributed by atoms with Crippen LogP contribution in [0.5, 0.6) is 0 Å². The second-order valence-electron chi connectivity index (χ2n) is 4.08. The van der Waals surface area contributed by atoms with Crippen molar-refractivity contribution in [3.05, 3.63) is 27.1 Å². The Morgan fingerprint density at radius 1 is 1.56 bits per heavy atom. The number of hydrogen-bond acceptors (Lipinski definition) is 5. The number of rotatable bonds is 6. The zero-order chi connectivity index (χ0) is 13.8. The molecule has 0 saturated carbocycles. The second-order valence-corrected chi connectivity index (χ2v) is 4.97. The summed E-state index contributed by atoms with van der Waals surface area (Å²) in [5.41, 5.74) is 5.56. The minimum Gasteiger partial charge on any atom is -0.345 e. The largest absolute Gasteiger partial charge is 0.345 e. The number of carbonyl (C=O) groups is 1. The lowest BCUT2D eigenvalue weighted by atomic mass is 9.92. The van der Waals surface area contributed by atoms with Crippen molar-refractivity contribution in [2.45, 2.75) is 32.2 Å². The van der Waals surface area contributed by atoms with Gasteiger partial charge in [0.05, 0.1) is 16.0 Å². The molecule has 1 rings (SSSR count). The molecular weight excluding hydrogens is 254 g/mol. The van der Waals surface area contributed by atoms with E-state index < -0.39 is 10.5 Å². The number of nitrogens with two attached hydrogens (primary N) is 1. The van der Waals surface area contributed by atoms with Gasteiger partial charge in [-0.05, 0) is 12.8 Å². The molecule has 6 nitrogen and oxygen atoms in total. The fourth-order valence-corrected chi connectivity index (χ4v) is 2.32. The molecule has 0 radical (unpaired) electrons. The molecule has 0 atom stereocenters. The molecule has 0 aromatic carbocycles. The van der Waals surface area contributed by atoms with Crippen LogP contribution < -0.4 is 11.1 Å². The van der Waals surface area contributed by atoms with E-state index in [4.69, 9.17) is 5.73 Å². The van der Waals surface area contributed by atoms with Crippen LogP contribution in [0.15, 0.2) is 11.4 Å². The highest BCUT2D eigenvalue weighted by Crippen LogP contribution is 2.23. The number of thiophene rings is 1. The third-order valence-corrected chi connectivity index (χ3v) is 4.03. The van der Waals surface area contributed by atoms with Gasteiger partial charge in [0.15, 0.2) is 0 Å². The molecule has 100 valence electrons. The summed E-state index contributed by atoms with van der Waals surface area (Å²) in [4.78, 5) is 22.0. The van der Waals surface area contributed by atoms with E-state index in [-0.39, 0.29) is 10.9 Å². The second kappa shape index (κ2) is 5.92. The third kappa shape index (κ3) is 3.05. The van der Waals surface area contributed by atoms with E-state index in [2.05, 4.69) is 5.32 Å². The maximum atomic E-state index is 12.0. The van der Waals surface area contributed by atoms with Crippen molar-refractivity contribution in [2.75, 3.05) is 6.54 Å². The molecule has 0 aliphatic rings. The summed E-state index contributed by atoms with van der Waals surface area (Å²) in [5, 5.41) is 14.9. The number of amides is 1. The van der Waals surface area contributed by atoms with Crippen molar-refractivity contribution in [1.82, 2.24) is 5.32 Å². The summed E-state index contributed by atoms with van der Waals surface area (Å²) in [7, 11) is 0. The van der Waals surface area contributed by atoms with Crippen LogP contribution in [0.25, 0.3) is 0 Å². The molecule has 18 heavy (non-hydrogen) atoms. The smallest absolute Gasteiger partial charge is 0.324 e. The topological polar surface area (TPSA) is 98.3 Å². The molecule has 0 bridgehead atoms. The number of nitrogens with one attached hydrogen (secondary N) is 1. The van der Waals surface area contributed by atoms with Gasteiger partial charge in [0.2, 0.25) is 0 Å². The SMILES string of the molecule is CCC(CC)(CN)NC(=O)c1csc([N+](=O)[O-])c1. The van der Waals surface area contributed by atoms with E-state index in [0.29, 0.717) is 12.1 Å². The van der Waals surface area contributed by atoms with Crippen LogP contribution in [0.3, 0.4) is 0 Å². The van der Waals surface area contributed by atoms with Crippen molar-refractivity contribution in [3.8, 4) is 0 Å². The maximum absolute atomic E-state index is 12.0. The molecule has 0 saturated heterocycles. The van der Waals surface area contributed by atoms with Gasteiger partial charge < -0.3 is 11.1 Å². The normalized spacial score (nSPS) is 11.3. The number of nitrogens with zero attached hydrogens (tertiary/aromatic N) is 1. The lowest BCUT2D eigenvalue weighted by Gasteiger charge is -2.31. The molecule has 0 unspecified atom stereocenters. The first-order valence-electron chi connectivity index (χ1n) is 5.73. The van der Waals surface area contributed by atoms with Crippen LogP contribution >= 0.6 is 11.3 Å². The molecule has 3 N–H and O–H groups in total. The van der Waals surface area contributed by atoms with Gasteiger partial charge in [0.1, 0.15) is 0 Å². The van der Waals surface area contributed by atoms with Crippen molar-refractivity contribution in [2.24, 2.45) is 5.73 Å². The molecule has 0 aliphatic heterocycles. The summed E-state index contributed by atoms with van der Waals surface area (Å²) in [6, 6.07) is 1.28. The van der Waals surface area contributed by atoms with Crippen LogP contribution in [0.1, 0.15) is 37.0 Å². The summed E-state index contributed by atoms with van der Waals surface area (Å²) < 4.78 is 0. The van der Waals surface area contributed by atoms with Crippen LogP contribution in [0.4, 0.5) is 5.00 Å². The fraction of sp³-hybridized carbons (Fsp3) is 0.545. The minimum absolute atomic E-state index is 0.0357. The first-order valence-corrected chi connectivity index (χ1v) is 6.61. The van der Waals surface area contributed by atoms with E-state index in [0.717, 1.165) is 24.2 Å². The van der Waals surface area contributed by atoms with Gasteiger partial charge in [0.25, 0.3) is 5.91 Å². The summed E-state index contributed by atoms with van der Waals surface area (Å²) in [6.07, 6.45) is 1.44. The van der Waals surface area contributed by atoms with Crippen molar-refractivity contribution < 1.29 is 9.72 Å². The fourth-order valence-electron chi connectivity index (χ4n) is 1.62. The Bertz CT molecular complexity index is 432. The molecule has 7 heteroatoms. The zero-order valence-corrected chi connectivity index (χ0v) is 11.3. The Balaban J connectivity index is 2.84. The quantitative estimate of drug-likeness (QED) is 0.609. The lowest BCUT2D eigenvalue weighted by molar-refractivity contribution is -0.380. The van der Waals surface area contributed by atoms with Crippen LogP contribution in [0, 0.1) is 10.1 Å². The summed E-state index contributed by atoms with van der Waals surface area (Å²) in [5.74, 6) is -0.312. The van der Waals surface area contributed by atoms with Gasteiger partial charge >= 0.3 is 5.00 Å². The van der Waals surface area contributed by atoms with Gasteiger partial charge in [-0.2, -0.15) is 0 Å². The molecule has 1 aromatic rings. The van der Waals surface area contributed by atoms with Gasteiger partial charge in [-0.3, -0.25) is 14.9 Å². The molecule has 0 fully saturated rings. The van der Waals surface area contributed by atoms with E-state index in [1.54, 1.807) is 0 Å². The Kier molecular flexibility index (Phi) is 4.80. The van der Waals surface area contributed by atoms with Gasteiger partial charge in [-0.25, -0.2) is 0 Å². The predicted octanol–water partition coefficient (Wildman–Crippen LogP) is 1.90. The highest BCUT2D eigenvalue weighted by Gasteiger charge is 2.27. The van der Waals surface area contributed by atoms with Crippen LogP contribution in [-0.2, 0) is 0 Å². The molecule has 0 aliphatic carbocycles. The molecule has 1 amide bonds. The highest BCUT2D eigenvalue weighted by molar-refractivity contribution is 7.13. The maximum Gasteiger partial charge on any atom is 0.324 e. The predicted molar refractivity (Wildman–Crippen MR) is 70.8 cm³/mol. The summed E-state index contributed by atoms with van der Waals surface area (Å²) in [6.45, 7) is 4.25. The average molecular weight is 271 g/mol. The van der Waals surface area contributed by atoms with Crippen LogP contribution in [0.2, 0.25) is 0 Å². The van der Waals surface area contributed by atoms with Crippen molar-refractivity contribution in [3.63, 3.8) is 0 Å². The third-order valence-electron chi connectivity index (χ3n) is 3.15. The highest BCUT2D eigenvalue weighted by atomic mass is 32.1. The molecular formula is C11H17N3O3S. The van der Waals surface area contributed by atoms with E-state index in [1.807, 2.05) is 13.8 Å².